The van der Waals surface area contributed by atoms with Gasteiger partial charge in [0.25, 0.3) is 0 Å². The van der Waals surface area contributed by atoms with E-state index >= 15 is 0 Å². The second-order valence-electron chi connectivity index (χ2n) is 5.20. The highest BCUT2D eigenvalue weighted by Gasteiger charge is 2.51. The van der Waals surface area contributed by atoms with E-state index in [2.05, 4.69) is 26.8 Å². The topological polar surface area (TPSA) is 26.3 Å². The van der Waals surface area contributed by atoms with Crippen LogP contribution in [0.3, 0.4) is 0 Å². The number of carbonyl (C=O) groups excluding carboxylic acids is 1. The summed E-state index contributed by atoms with van der Waals surface area (Å²) in [6, 6.07) is 6.07. The highest BCUT2D eigenvalue weighted by molar-refractivity contribution is 5.92. The first-order chi connectivity index (χ1) is 7.99. The molecule has 1 aromatic carbocycles. The summed E-state index contributed by atoms with van der Waals surface area (Å²) >= 11 is 0. The second-order valence-corrected chi connectivity index (χ2v) is 5.20. The van der Waals surface area contributed by atoms with Gasteiger partial charge in [-0.3, -0.25) is 4.79 Å². The van der Waals surface area contributed by atoms with E-state index in [0.29, 0.717) is 12.2 Å². The van der Waals surface area contributed by atoms with E-state index in [9.17, 15) is 4.79 Å². The van der Waals surface area contributed by atoms with Gasteiger partial charge in [-0.15, -0.1) is 0 Å². The van der Waals surface area contributed by atoms with Crippen molar-refractivity contribution in [1.82, 2.24) is 0 Å². The number of rotatable bonds is 3. The average molecular weight is 232 g/mol. The van der Waals surface area contributed by atoms with E-state index in [1.807, 2.05) is 19.1 Å². The second kappa shape index (κ2) is 4.17. The normalized spacial score (nSPS) is 27.8. The summed E-state index contributed by atoms with van der Waals surface area (Å²) in [4.78, 5) is 11.7. The maximum Gasteiger partial charge on any atom is 0.146 e. The number of hydrogen-bond donors (Lipinski definition) is 0. The lowest BCUT2D eigenvalue weighted by Crippen LogP contribution is -2.54. The molecule has 0 amide bonds. The molecule has 2 atom stereocenters. The lowest BCUT2D eigenvalue weighted by molar-refractivity contribution is -0.150. The van der Waals surface area contributed by atoms with E-state index in [-0.39, 0.29) is 11.5 Å². The summed E-state index contributed by atoms with van der Waals surface area (Å²) in [6.07, 6.45) is 1.44. The third kappa shape index (κ3) is 1.86. The SMILES string of the molecule is CCC1(C)C(=O)CC1Oc1cccc(C)c1C. The molecule has 2 heteroatoms. The first kappa shape index (κ1) is 12.2. The quantitative estimate of drug-likeness (QED) is 0.798. The molecule has 0 bridgehead atoms. The minimum absolute atomic E-state index is 0.0421. The Balaban J connectivity index is 2.18. The molecule has 1 fully saturated rings. The molecule has 0 saturated heterocycles. The molecule has 0 aliphatic heterocycles. The fourth-order valence-corrected chi connectivity index (χ4v) is 2.28. The summed E-state index contributed by atoms with van der Waals surface area (Å²) in [5.74, 6) is 1.25. The Morgan fingerprint density at radius 2 is 2.12 bits per heavy atom. The van der Waals surface area contributed by atoms with Crippen molar-refractivity contribution in [1.29, 1.82) is 0 Å². The van der Waals surface area contributed by atoms with Gasteiger partial charge in [-0.1, -0.05) is 19.1 Å². The van der Waals surface area contributed by atoms with Crippen LogP contribution in [0.2, 0.25) is 0 Å². The molecule has 1 aliphatic carbocycles. The van der Waals surface area contributed by atoms with Crippen molar-refractivity contribution in [2.75, 3.05) is 0 Å². The summed E-state index contributed by atoms with van der Waals surface area (Å²) in [5, 5.41) is 0. The van der Waals surface area contributed by atoms with Crippen molar-refractivity contribution in [2.45, 2.75) is 46.6 Å². The van der Waals surface area contributed by atoms with Crippen LogP contribution in [0, 0.1) is 19.3 Å². The molecule has 0 N–H and O–H groups in total. The minimum Gasteiger partial charge on any atom is -0.489 e. The molecule has 2 rings (SSSR count). The maximum atomic E-state index is 11.7. The molecule has 1 aliphatic rings. The van der Waals surface area contributed by atoms with Crippen LogP contribution in [0.5, 0.6) is 5.75 Å². The Bertz CT molecular complexity index is 450. The summed E-state index contributed by atoms with van der Waals surface area (Å²) < 4.78 is 6.02. The summed E-state index contributed by atoms with van der Waals surface area (Å²) in [7, 11) is 0. The zero-order chi connectivity index (χ0) is 12.6. The molecule has 0 heterocycles. The Morgan fingerprint density at radius 3 is 2.71 bits per heavy atom. The number of aryl methyl sites for hydroxylation is 1. The van der Waals surface area contributed by atoms with Gasteiger partial charge < -0.3 is 4.74 Å². The zero-order valence-electron chi connectivity index (χ0n) is 11.0. The minimum atomic E-state index is -0.282. The molecule has 0 radical (unpaired) electrons. The van der Waals surface area contributed by atoms with Crippen molar-refractivity contribution < 1.29 is 9.53 Å². The van der Waals surface area contributed by atoms with Crippen molar-refractivity contribution in [3.63, 3.8) is 0 Å². The molecule has 92 valence electrons. The lowest BCUT2D eigenvalue weighted by atomic mass is 9.64. The van der Waals surface area contributed by atoms with Gasteiger partial charge in [0.2, 0.25) is 0 Å². The number of benzene rings is 1. The monoisotopic (exact) mass is 232 g/mol. The number of ketones is 1. The molecule has 2 nitrogen and oxygen atoms in total. The first-order valence-electron chi connectivity index (χ1n) is 6.25. The van der Waals surface area contributed by atoms with E-state index in [0.717, 1.165) is 12.2 Å². The predicted octanol–water partition coefficient (Wildman–Crippen LogP) is 3.44. The Morgan fingerprint density at radius 1 is 1.41 bits per heavy atom. The molecule has 2 unspecified atom stereocenters. The summed E-state index contributed by atoms with van der Waals surface area (Å²) in [6.45, 7) is 8.20. The zero-order valence-corrected chi connectivity index (χ0v) is 11.0. The highest BCUT2D eigenvalue weighted by Crippen LogP contribution is 2.43. The third-order valence-corrected chi connectivity index (χ3v) is 4.28. The van der Waals surface area contributed by atoms with Gasteiger partial charge >= 0.3 is 0 Å². The fourth-order valence-electron chi connectivity index (χ4n) is 2.28. The summed E-state index contributed by atoms with van der Waals surface area (Å²) in [5.41, 5.74) is 2.12. The molecule has 0 aromatic heterocycles. The molecule has 1 saturated carbocycles. The Labute approximate surface area is 103 Å². The molecular formula is C15H20O2. The highest BCUT2D eigenvalue weighted by atomic mass is 16.5. The average Bonchev–Trinajstić information content (AvgIpc) is 2.33. The van der Waals surface area contributed by atoms with Gasteiger partial charge in [0.1, 0.15) is 17.6 Å². The smallest absolute Gasteiger partial charge is 0.146 e. The first-order valence-corrected chi connectivity index (χ1v) is 6.25. The van der Waals surface area contributed by atoms with Gasteiger partial charge in [-0.05, 0) is 44.4 Å². The molecular weight excluding hydrogens is 212 g/mol. The third-order valence-electron chi connectivity index (χ3n) is 4.28. The van der Waals surface area contributed by atoms with Gasteiger partial charge in [0.05, 0.1) is 5.41 Å². The van der Waals surface area contributed by atoms with Crippen molar-refractivity contribution >= 4 is 5.78 Å². The van der Waals surface area contributed by atoms with Crippen LogP contribution < -0.4 is 4.74 Å². The largest absolute Gasteiger partial charge is 0.489 e. The van der Waals surface area contributed by atoms with Gasteiger partial charge in [0.15, 0.2) is 0 Å². The van der Waals surface area contributed by atoms with Crippen molar-refractivity contribution in [3.8, 4) is 5.75 Å². The van der Waals surface area contributed by atoms with E-state index < -0.39 is 0 Å². The van der Waals surface area contributed by atoms with Gasteiger partial charge in [-0.25, -0.2) is 0 Å². The van der Waals surface area contributed by atoms with E-state index in [1.54, 1.807) is 0 Å². The number of carbonyl (C=O) groups is 1. The van der Waals surface area contributed by atoms with E-state index in [1.165, 1.54) is 11.1 Å². The van der Waals surface area contributed by atoms with Crippen LogP contribution in [0.1, 0.15) is 37.8 Å². The van der Waals surface area contributed by atoms with Crippen LogP contribution in [-0.4, -0.2) is 11.9 Å². The fraction of sp³-hybridized carbons (Fsp3) is 0.533. The van der Waals surface area contributed by atoms with Crippen LogP contribution in [-0.2, 0) is 4.79 Å². The van der Waals surface area contributed by atoms with Crippen LogP contribution in [0.4, 0.5) is 0 Å². The standard InChI is InChI=1S/C15H20O2/c1-5-15(4)13(16)9-14(15)17-12-8-6-7-10(2)11(12)3/h6-8,14H,5,9H2,1-4H3. The Kier molecular flexibility index (Phi) is 2.98. The number of Topliss-reactive ketones (excluding diaryl/α,β-unsaturated/α-hetero) is 1. The van der Waals surface area contributed by atoms with E-state index in [4.69, 9.17) is 4.74 Å². The van der Waals surface area contributed by atoms with Crippen molar-refractivity contribution in [2.24, 2.45) is 5.41 Å². The van der Waals surface area contributed by atoms with Crippen LogP contribution in [0.15, 0.2) is 18.2 Å². The van der Waals surface area contributed by atoms with Gasteiger partial charge in [0, 0.05) is 6.42 Å². The van der Waals surface area contributed by atoms with Gasteiger partial charge in [-0.2, -0.15) is 0 Å². The number of ether oxygens (including phenoxy) is 1. The van der Waals surface area contributed by atoms with Crippen LogP contribution in [0.25, 0.3) is 0 Å². The predicted molar refractivity (Wildman–Crippen MR) is 68.4 cm³/mol. The maximum absolute atomic E-state index is 11.7. The molecule has 1 aromatic rings. The lowest BCUT2D eigenvalue weighted by Gasteiger charge is -2.44. The Hall–Kier alpha value is -1.31. The molecule has 0 spiro atoms. The molecule has 17 heavy (non-hydrogen) atoms. The van der Waals surface area contributed by atoms with Crippen LogP contribution >= 0.6 is 0 Å². The van der Waals surface area contributed by atoms with Crippen molar-refractivity contribution in [3.05, 3.63) is 29.3 Å². The number of hydrogen-bond acceptors (Lipinski definition) is 2.